The average molecular weight is 320 g/mol. The monoisotopic (exact) mass is 320 g/mol. The summed E-state index contributed by atoms with van der Waals surface area (Å²) in [6.45, 7) is 3.13. The Kier molecular flexibility index (Phi) is 6.24. The molecule has 0 unspecified atom stereocenters. The van der Waals surface area contributed by atoms with Crippen molar-refractivity contribution in [2.45, 2.75) is 20.0 Å². The second-order valence-electron chi connectivity index (χ2n) is 4.73. The molecule has 1 heterocycles. The van der Waals surface area contributed by atoms with Crippen LogP contribution in [0.1, 0.15) is 15.3 Å². The van der Waals surface area contributed by atoms with E-state index in [-0.39, 0.29) is 19.2 Å². The fourth-order valence-electron chi connectivity index (χ4n) is 1.93. The van der Waals surface area contributed by atoms with Crippen LogP contribution in [-0.4, -0.2) is 24.4 Å². The molecule has 0 fully saturated rings. The van der Waals surface area contributed by atoms with E-state index in [0.29, 0.717) is 18.8 Å². The molecule has 2 aromatic rings. The van der Waals surface area contributed by atoms with Gasteiger partial charge in [-0.15, -0.1) is 11.3 Å². The molecule has 0 saturated heterocycles. The number of nitrogens with one attached hydrogen (secondary N) is 2. The summed E-state index contributed by atoms with van der Waals surface area (Å²) in [5, 5.41) is 14.4. The molecule has 0 aliphatic rings. The second-order valence-corrected chi connectivity index (χ2v) is 6.10. The number of hydrogen-bond donors (Lipinski definition) is 3. The number of aryl methyl sites for hydroxylation is 1. The van der Waals surface area contributed by atoms with Gasteiger partial charge in [0.05, 0.1) is 13.2 Å². The highest BCUT2D eigenvalue weighted by Gasteiger charge is 2.06. The van der Waals surface area contributed by atoms with Crippen LogP contribution in [0.2, 0.25) is 0 Å². The molecule has 118 valence electrons. The van der Waals surface area contributed by atoms with Gasteiger partial charge >= 0.3 is 6.03 Å². The quantitative estimate of drug-likeness (QED) is 0.734. The first-order chi connectivity index (χ1) is 10.7. The van der Waals surface area contributed by atoms with Crippen LogP contribution in [0.4, 0.5) is 4.79 Å². The standard InChI is InChI=1S/C16H20N2O3S/c1-12-6-7-14(22-12)11-18-16(20)17-10-13-4-2-3-5-15(13)21-9-8-19/h2-7,19H,8-11H2,1H3,(H2,17,18,20). The van der Waals surface area contributed by atoms with Gasteiger partial charge in [0.15, 0.2) is 0 Å². The third kappa shape index (κ3) is 5.05. The van der Waals surface area contributed by atoms with Gasteiger partial charge in [-0.1, -0.05) is 18.2 Å². The number of urea groups is 1. The summed E-state index contributed by atoms with van der Waals surface area (Å²) in [5.41, 5.74) is 0.873. The first-order valence-corrected chi connectivity index (χ1v) is 7.89. The lowest BCUT2D eigenvalue weighted by atomic mass is 10.2. The summed E-state index contributed by atoms with van der Waals surface area (Å²) >= 11 is 1.67. The molecular formula is C16H20N2O3S. The maximum atomic E-state index is 11.8. The molecule has 3 N–H and O–H groups in total. The van der Waals surface area contributed by atoms with Crippen molar-refractivity contribution in [3.63, 3.8) is 0 Å². The molecule has 0 saturated carbocycles. The van der Waals surface area contributed by atoms with Gasteiger partial charge in [-0.05, 0) is 25.1 Å². The van der Waals surface area contributed by atoms with Crippen molar-refractivity contribution < 1.29 is 14.6 Å². The Balaban J connectivity index is 1.80. The highest BCUT2D eigenvalue weighted by atomic mass is 32.1. The van der Waals surface area contributed by atoms with Crippen molar-refractivity contribution in [1.29, 1.82) is 0 Å². The van der Waals surface area contributed by atoms with Crippen LogP contribution in [0.25, 0.3) is 0 Å². The van der Waals surface area contributed by atoms with Crippen molar-refractivity contribution in [3.8, 4) is 5.75 Å². The fourth-order valence-corrected chi connectivity index (χ4v) is 2.76. The molecule has 0 radical (unpaired) electrons. The number of carbonyl (C=O) groups excluding carboxylic acids is 1. The van der Waals surface area contributed by atoms with Crippen LogP contribution in [0.15, 0.2) is 36.4 Å². The van der Waals surface area contributed by atoms with Crippen LogP contribution in [0.3, 0.4) is 0 Å². The summed E-state index contributed by atoms with van der Waals surface area (Å²) in [6.07, 6.45) is 0. The van der Waals surface area contributed by atoms with Gasteiger partial charge in [-0.2, -0.15) is 0 Å². The first-order valence-electron chi connectivity index (χ1n) is 7.07. The Bertz CT molecular complexity index is 613. The molecule has 22 heavy (non-hydrogen) atoms. The van der Waals surface area contributed by atoms with Crippen molar-refractivity contribution in [2.75, 3.05) is 13.2 Å². The molecule has 5 nitrogen and oxygen atoms in total. The van der Waals surface area contributed by atoms with Crippen molar-refractivity contribution in [2.24, 2.45) is 0 Å². The number of thiophene rings is 1. The van der Waals surface area contributed by atoms with Gasteiger partial charge < -0.3 is 20.5 Å². The number of carbonyl (C=O) groups is 1. The molecule has 0 bridgehead atoms. The second kappa shape index (κ2) is 8.41. The summed E-state index contributed by atoms with van der Waals surface area (Å²) < 4.78 is 5.43. The van der Waals surface area contributed by atoms with Crippen molar-refractivity contribution >= 4 is 17.4 Å². The molecular weight excluding hydrogens is 300 g/mol. The number of aliphatic hydroxyl groups excluding tert-OH is 1. The highest BCUT2D eigenvalue weighted by Crippen LogP contribution is 2.17. The topological polar surface area (TPSA) is 70.6 Å². The average Bonchev–Trinajstić information content (AvgIpc) is 2.95. The fraction of sp³-hybridized carbons (Fsp3) is 0.312. The van der Waals surface area contributed by atoms with Crippen molar-refractivity contribution in [1.82, 2.24) is 10.6 Å². The molecule has 1 aromatic carbocycles. The summed E-state index contributed by atoms with van der Waals surface area (Å²) in [7, 11) is 0. The zero-order chi connectivity index (χ0) is 15.8. The molecule has 2 amide bonds. The van der Waals surface area contributed by atoms with Gasteiger partial charge in [0, 0.05) is 21.9 Å². The smallest absolute Gasteiger partial charge is 0.315 e. The zero-order valence-electron chi connectivity index (χ0n) is 12.5. The molecule has 0 atom stereocenters. The van der Waals surface area contributed by atoms with E-state index >= 15 is 0 Å². The van der Waals surface area contributed by atoms with Gasteiger partial charge in [0.25, 0.3) is 0 Å². The van der Waals surface area contributed by atoms with Gasteiger partial charge in [0.1, 0.15) is 12.4 Å². The maximum absolute atomic E-state index is 11.8. The lowest BCUT2D eigenvalue weighted by Crippen LogP contribution is -2.34. The summed E-state index contributed by atoms with van der Waals surface area (Å²) in [5.74, 6) is 0.672. The third-order valence-corrected chi connectivity index (χ3v) is 3.98. The molecule has 1 aromatic heterocycles. The largest absolute Gasteiger partial charge is 0.491 e. The number of benzene rings is 1. The van der Waals surface area contributed by atoms with E-state index in [0.717, 1.165) is 10.4 Å². The summed E-state index contributed by atoms with van der Waals surface area (Å²) in [6, 6.07) is 11.3. The van der Waals surface area contributed by atoms with Crippen LogP contribution < -0.4 is 15.4 Å². The lowest BCUT2D eigenvalue weighted by molar-refractivity contribution is 0.200. The van der Waals surface area contributed by atoms with Crippen molar-refractivity contribution in [3.05, 3.63) is 51.7 Å². The number of aliphatic hydroxyl groups is 1. The van der Waals surface area contributed by atoms with Gasteiger partial charge in [-0.3, -0.25) is 0 Å². The minimum Gasteiger partial charge on any atom is -0.491 e. The number of ether oxygens (including phenoxy) is 1. The minimum absolute atomic E-state index is 0.0392. The SMILES string of the molecule is Cc1ccc(CNC(=O)NCc2ccccc2OCCO)s1. The Morgan fingerprint density at radius 3 is 2.68 bits per heavy atom. The van der Waals surface area contributed by atoms with Crippen LogP contribution in [0, 0.1) is 6.92 Å². The molecule has 6 heteroatoms. The molecule has 0 aliphatic carbocycles. The Labute approximate surface area is 133 Å². The van der Waals surface area contributed by atoms with Crippen LogP contribution in [0.5, 0.6) is 5.75 Å². The number of para-hydroxylation sites is 1. The van der Waals surface area contributed by atoms with Gasteiger partial charge in [-0.25, -0.2) is 4.79 Å². The van der Waals surface area contributed by atoms with E-state index < -0.39 is 0 Å². The minimum atomic E-state index is -0.219. The molecule has 0 spiro atoms. The Hall–Kier alpha value is -2.05. The predicted molar refractivity (Wildman–Crippen MR) is 87.2 cm³/mol. The predicted octanol–water partition coefficient (Wildman–Crippen LogP) is 2.43. The number of amides is 2. The first kappa shape index (κ1) is 16.3. The molecule has 2 rings (SSSR count). The number of hydrogen-bond acceptors (Lipinski definition) is 4. The van der Waals surface area contributed by atoms with E-state index in [1.807, 2.05) is 43.3 Å². The van der Waals surface area contributed by atoms with E-state index in [9.17, 15) is 4.79 Å². The van der Waals surface area contributed by atoms with Crippen LogP contribution in [-0.2, 0) is 13.1 Å². The van der Waals surface area contributed by atoms with Gasteiger partial charge in [0.2, 0.25) is 0 Å². The van der Waals surface area contributed by atoms with E-state index in [1.165, 1.54) is 4.88 Å². The Morgan fingerprint density at radius 2 is 1.95 bits per heavy atom. The summed E-state index contributed by atoms with van der Waals surface area (Å²) in [4.78, 5) is 14.2. The Morgan fingerprint density at radius 1 is 1.18 bits per heavy atom. The zero-order valence-corrected chi connectivity index (χ0v) is 13.3. The molecule has 0 aliphatic heterocycles. The van der Waals surface area contributed by atoms with E-state index in [1.54, 1.807) is 11.3 Å². The van der Waals surface area contributed by atoms with E-state index in [4.69, 9.17) is 9.84 Å². The normalized spacial score (nSPS) is 10.3. The highest BCUT2D eigenvalue weighted by molar-refractivity contribution is 7.11. The maximum Gasteiger partial charge on any atom is 0.315 e. The van der Waals surface area contributed by atoms with E-state index in [2.05, 4.69) is 10.6 Å². The lowest BCUT2D eigenvalue weighted by Gasteiger charge is -2.11. The number of rotatable bonds is 7. The van der Waals surface area contributed by atoms with Crippen LogP contribution >= 0.6 is 11.3 Å². The third-order valence-electron chi connectivity index (χ3n) is 2.98.